The van der Waals surface area contributed by atoms with Gasteiger partial charge in [-0.2, -0.15) is 0 Å². The van der Waals surface area contributed by atoms with Gasteiger partial charge in [0.1, 0.15) is 19.0 Å². The van der Waals surface area contributed by atoms with Crippen LogP contribution in [0.4, 0.5) is 4.39 Å². The third-order valence-corrected chi connectivity index (χ3v) is 4.61. The Labute approximate surface area is 136 Å². The first-order chi connectivity index (χ1) is 10.1. The molecule has 1 aliphatic heterocycles. The minimum Gasteiger partial charge on any atom is -0.486 e. The van der Waals surface area contributed by atoms with Gasteiger partial charge < -0.3 is 9.47 Å². The van der Waals surface area contributed by atoms with Crippen molar-refractivity contribution in [2.24, 2.45) is 0 Å². The molecule has 2 aromatic carbocycles. The topological polar surface area (TPSA) is 18.5 Å². The molecule has 21 heavy (non-hydrogen) atoms. The Morgan fingerprint density at radius 1 is 1.10 bits per heavy atom. The number of hydrogen-bond donors (Lipinski definition) is 0. The van der Waals surface area contributed by atoms with E-state index >= 15 is 0 Å². The normalized spacial score (nSPS) is 14.9. The zero-order chi connectivity index (χ0) is 15.0. The summed E-state index contributed by atoms with van der Waals surface area (Å²) in [5.74, 6) is 1.06. The molecular weight excluding hydrogens is 359 g/mol. The molecule has 1 atom stereocenters. The summed E-state index contributed by atoms with van der Waals surface area (Å²) < 4.78 is 25.4. The van der Waals surface area contributed by atoms with Crippen LogP contribution in [-0.2, 0) is 0 Å². The SMILES string of the molecule is Cc1ccc(F)cc1C(Cl)c1cc2c(cc1Br)OCCO2. The lowest BCUT2D eigenvalue weighted by Gasteiger charge is -2.22. The van der Waals surface area contributed by atoms with E-state index in [1.54, 1.807) is 6.07 Å². The lowest BCUT2D eigenvalue weighted by atomic mass is 9.99. The molecule has 0 saturated carbocycles. The minimum atomic E-state index is -0.467. The van der Waals surface area contributed by atoms with Crippen molar-refractivity contribution in [3.63, 3.8) is 0 Å². The molecule has 110 valence electrons. The number of rotatable bonds is 2. The van der Waals surface area contributed by atoms with Crippen LogP contribution in [0.15, 0.2) is 34.8 Å². The highest BCUT2D eigenvalue weighted by atomic mass is 79.9. The Balaban J connectivity index is 2.05. The summed E-state index contributed by atoms with van der Waals surface area (Å²) in [6.45, 7) is 2.96. The van der Waals surface area contributed by atoms with Gasteiger partial charge in [0.15, 0.2) is 11.5 Å². The monoisotopic (exact) mass is 370 g/mol. The van der Waals surface area contributed by atoms with E-state index in [9.17, 15) is 4.39 Å². The third kappa shape index (κ3) is 2.87. The number of hydrogen-bond acceptors (Lipinski definition) is 2. The summed E-state index contributed by atoms with van der Waals surface area (Å²) in [4.78, 5) is 0. The molecule has 2 aromatic rings. The lowest BCUT2D eigenvalue weighted by Crippen LogP contribution is -2.15. The summed E-state index contributed by atoms with van der Waals surface area (Å²) in [5, 5.41) is -0.467. The maximum absolute atomic E-state index is 13.5. The summed E-state index contributed by atoms with van der Waals surface area (Å²) in [6, 6.07) is 8.32. The first-order valence-electron chi connectivity index (χ1n) is 6.55. The van der Waals surface area contributed by atoms with Crippen LogP contribution in [0.5, 0.6) is 11.5 Å². The van der Waals surface area contributed by atoms with Crippen LogP contribution in [-0.4, -0.2) is 13.2 Å². The maximum Gasteiger partial charge on any atom is 0.162 e. The van der Waals surface area contributed by atoms with Crippen LogP contribution in [0.25, 0.3) is 0 Å². The summed E-state index contributed by atoms with van der Waals surface area (Å²) in [6.07, 6.45) is 0. The van der Waals surface area contributed by atoms with Gasteiger partial charge in [0.25, 0.3) is 0 Å². The van der Waals surface area contributed by atoms with Gasteiger partial charge in [-0.05, 0) is 47.9 Å². The largest absolute Gasteiger partial charge is 0.486 e. The van der Waals surface area contributed by atoms with Crippen LogP contribution in [0.1, 0.15) is 22.1 Å². The van der Waals surface area contributed by atoms with Gasteiger partial charge in [0.2, 0.25) is 0 Å². The highest BCUT2D eigenvalue weighted by molar-refractivity contribution is 9.10. The quantitative estimate of drug-likeness (QED) is 0.692. The Kier molecular flexibility index (Phi) is 4.09. The van der Waals surface area contributed by atoms with E-state index in [4.69, 9.17) is 21.1 Å². The summed E-state index contributed by atoms with van der Waals surface area (Å²) >= 11 is 10.1. The van der Waals surface area contributed by atoms with E-state index in [1.807, 2.05) is 19.1 Å². The van der Waals surface area contributed by atoms with Crippen LogP contribution in [0.3, 0.4) is 0 Å². The highest BCUT2D eigenvalue weighted by Crippen LogP contribution is 2.42. The molecule has 5 heteroatoms. The zero-order valence-electron chi connectivity index (χ0n) is 11.3. The van der Waals surface area contributed by atoms with Gasteiger partial charge in [-0.1, -0.05) is 22.0 Å². The Morgan fingerprint density at radius 2 is 1.76 bits per heavy atom. The van der Waals surface area contributed by atoms with E-state index in [0.29, 0.717) is 24.7 Å². The molecule has 0 saturated heterocycles. The second-order valence-corrected chi connectivity index (χ2v) is 6.17. The second kappa shape index (κ2) is 5.85. The van der Waals surface area contributed by atoms with Crippen molar-refractivity contribution < 1.29 is 13.9 Å². The Hall–Kier alpha value is -1.26. The molecule has 2 nitrogen and oxygen atoms in total. The van der Waals surface area contributed by atoms with E-state index in [2.05, 4.69) is 15.9 Å². The zero-order valence-corrected chi connectivity index (χ0v) is 13.7. The van der Waals surface area contributed by atoms with Gasteiger partial charge in [0.05, 0.1) is 5.38 Å². The predicted octanol–water partition coefficient (Wildman–Crippen LogP) is 5.00. The molecule has 0 fully saturated rings. The highest BCUT2D eigenvalue weighted by Gasteiger charge is 2.21. The molecule has 0 N–H and O–H groups in total. The molecule has 1 heterocycles. The molecule has 0 aromatic heterocycles. The number of alkyl halides is 1. The summed E-state index contributed by atoms with van der Waals surface area (Å²) in [7, 11) is 0. The number of halogens is 3. The van der Waals surface area contributed by atoms with Gasteiger partial charge >= 0.3 is 0 Å². The lowest BCUT2D eigenvalue weighted by molar-refractivity contribution is 0.171. The standard InChI is InChI=1S/C16H13BrClFO2/c1-9-2-3-10(19)6-11(9)16(18)12-7-14-15(8-13(12)17)21-5-4-20-14/h2-3,6-8,16H,4-5H2,1H3. The third-order valence-electron chi connectivity index (χ3n) is 3.45. The first-order valence-corrected chi connectivity index (χ1v) is 7.78. The van der Waals surface area contributed by atoms with E-state index in [1.165, 1.54) is 12.1 Å². The van der Waals surface area contributed by atoms with Gasteiger partial charge in [0, 0.05) is 4.47 Å². The van der Waals surface area contributed by atoms with E-state index < -0.39 is 5.38 Å². The fourth-order valence-corrected chi connectivity index (χ4v) is 3.42. The summed E-state index contributed by atoms with van der Waals surface area (Å²) in [5.41, 5.74) is 2.52. The molecule has 0 radical (unpaired) electrons. The van der Waals surface area contributed by atoms with Crippen molar-refractivity contribution in [2.75, 3.05) is 13.2 Å². The Morgan fingerprint density at radius 3 is 2.48 bits per heavy atom. The van der Waals surface area contributed by atoms with Crippen molar-refractivity contribution in [2.45, 2.75) is 12.3 Å². The number of benzene rings is 2. The fraction of sp³-hybridized carbons (Fsp3) is 0.250. The molecule has 0 bridgehead atoms. The van der Waals surface area contributed by atoms with Gasteiger partial charge in [-0.15, -0.1) is 11.6 Å². The second-order valence-electron chi connectivity index (χ2n) is 4.88. The van der Waals surface area contributed by atoms with Gasteiger partial charge in [-0.3, -0.25) is 0 Å². The van der Waals surface area contributed by atoms with Crippen molar-refractivity contribution in [3.8, 4) is 11.5 Å². The minimum absolute atomic E-state index is 0.296. The fourth-order valence-electron chi connectivity index (χ4n) is 2.33. The van der Waals surface area contributed by atoms with Crippen molar-refractivity contribution in [3.05, 3.63) is 57.3 Å². The van der Waals surface area contributed by atoms with Crippen molar-refractivity contribution in [1.29, 1.82) is 0 Å². The molecule has 3 rings (SSSR count). The smallest absolute Gasteiger partial charge is 0.162 e. The van der Waals surface area contributed by atoms with E-state index in [-0.39, 0.29) is 5.82 Å². The van der Waals surface area contributed by atoms with Crippen molar-refractivity contribution >= 4 is 27.5 Å². The van der Waals surface area contributed by atoms with Gasteiger partial charge in [-0.25, -0.2) is 4.39 Å². The number of fused-ring (bicyclic) bond motifs is 1. The average molecular weight is 372 g/mol. The molecule has 0 aliphatic carbocycles. The Bertz CT molecular complexity index is 690. The molecule has 0 amide bonds. The first kappa shape index (κ1) is 14.7. The van der Waals surface area contributed by atoms with Crippen LogP contribution >= 0.6 is 27.5 Å². The van der Waals surface area contributed by atoms with Crippen LogP contribution in [0, 0.1) is 12.7 Å². The average Bonchev–Trinajstić information content (AvgIpc) is 2.48. The molecular formula is C16H13BrClFO2. The molecule has 1 unspecified atom stereocenters. The van der Waals surface area contributed by atoms with E-state index in [0.717, 1.165) is 21.2 Å². The maximum atomic E-state index is 13.5. The molecule has 1 aliphatic rings. The number of aryl methyl sites for hydroxylation is 1. The van der Waals surface area contributed by atoms with Crippen LogP contribution < -0.4 is 9.47 Å². The van der Waals surface area contributed by atoms with Crippen LogP contribution in [0.2, 0.25) is 0 Å². The van der Waals surface area contributed by atoms with Crippen molar-refractivity contribution in [1.82, 2.24) is 0 Å². The number of ether oxygens (including phenoxy) is 2. The molecule has 0 spiro atoms. The predicted molar refractivity (Wildman–Crippen MR) is 84.0 cm³/mol.